The van der Waals surface area contributed by atoms with Crippen LogP contribution in [0.3, 0.4) is 0 Å². The van der Waals surface area contributed by atoms with E-state index in [-0.39, 0.29) is 0 Å². The first kappa shape index (κ1) is 12.9. The zero-order valence-electron chi connectivity index (χ0n) is 9.80. The number of rotatable bonds is 4. The van der Waals surface area contributed by atoms with Gasteiger partial charge in [0.25, 0.3) is 0 Å². The lowest BCUT2D eigenvalue weighted by Gasteiger charge is -2.00. The van der Waals surface area contributed by atoms with Gasteiger partial charge in [0.05, 0.1) is 11.4 Å². The highest BCUT2D eigenvalue weighted by atomic mass is 15.1. The number of allylic oxidation sites excluding steroid dienone is 3. The summed E-state index contributed by atoms with van der Waals surface area (Å²) in [5, 5.41) is 8.26. The molecule has 0 atom stereocenters. The summed E-state index contributed by atoms with van der Waals surface area (Å²) in [6, 6.07) is 7.64. The van der Waals surface area contributed by atoms with Gasteiger partial charge in [0.2, 0.25) is 0 Å². The molecule has 0 bridgehead atoms. The molecule has 0 saturated heterocycles. The zero-order valence-corrected chi connectivity index (χ0v) is 9.80. The van der Waals surface area contributed by atoms with E-state index in [9.17, 15) is 0 Å². The number of nitrogens with zero attached hydrogens (tertiary/aromatic N) is 2. The Morgan fingerprint density at radius 3 is 2.88 bits per heavy atom. The quantitative estimate of drug-likeness (QED) is 0.477. The number of terminal acetylenes is 1. The van der Waals surface area contributed by atoms with E-state index in [4.69, 9.17) is 12.2 Å². The Morgan fingerprint density at radius 1 is 1.47 bits per heavy atom. The van der Waals surface area contributed by atoms with E-state index in [1.807, 2.05) is 37.3 Å². The van der Waals surface area contributed by atoms with Gasteiger partial charge in [-0.25, -0.2) is 0 Å². The van der Waals surface area contributed by atoms with Gasteiger partial charge in [0, 0.05) is 6.54 Å². The standard InChI is InChI=1S/C14H15N3/c1-3-5-9-13(4-2)16-17-14-10-7-6-8-12(14)11-15/h1,4-10H,11,15H2,2H3/b9-5-,13-4+,17-16?. The Labute approximate surface area is 102 Å². The van der Waals surface area contributed by atoms with Crippen molar-refractivity contribution in [1.82, 2.24) is 0 Å². The molecule has 0 aliphatic rings. The smallest absolute Gasteiger partial charge is 0.0901 e. The lowest BCUT2D eigenvalue weighted by Crippen LogP contribution is -1.95. The van der Waals surface area contributed by atoms with Crippen LogP contribution in [0.15, 0.2) is 58.4 Å². The van der Waals surface area contributed by atoms with E-state index in [1.165, 1.54) is 0 Å². The third-order valence-electron chi connectivity index (χ3n) is 2.13. The van der Waals surface area contributed by atoms with Gasteiger partial charge >= 0.3 is 0 Å². The summed E-state index contributed by atoms with van der Waals surface area (Å²) in [4.78, 5) is 0. The van der Waals surface area contributed by atoms with Crippen molar-refractivity contribution in [1.29, 1.82) is 0 Å². The van der Waals surface area contributed by atoms with Gasteiger partial charge in [-0.3, -0.25) is 0 Å². The van der Waals surface area contributed by atoms with Crippen LogP contribution in [0, 0.1) is 12.3 Å². The van der Waals surface area contributed by atoms with Crippen LogP contribution in [0.5, 0.6) is 0 Å². The Bertz CT molecular complexity index is 490. The molecule has 2 N–H and O–H groups in total. The molecule has 86 valence electrons. The van der Waals surface area contributed by atoms with Crippen molar-refractivity contribution in [3.63, 3.8) is 0 Å². The fourth-order valence-electron chi connectivity index (χ4n) is 1.21. The summed E-state index contributed by atoms with van der Waals surface area (Å²) in [7, 11) is 0. The molecule has 1 aromatic rings. The Morgan fingerprint density at radius 2 is 2.24 bits per heavy atom. The lowest BCUT2D eigenvalue weighted by molar-refractivity contribution is 1.05. The maximum absolute atomic E-state index is 5.61. The van der Waals surface area contributed by atoms with E-state index in [0.29, 0.717) is 6.54 Å². The van der Waals surface area contributed by atoms with Crippen molar-refractivity contribution >= 4 is 5.69 Å². The summed E-state index contributed by atoms with van der Waals surface area (Å²) < 4.78 is 0. The van der Waals surface area contributed by atoms with Crippen LogP contribution in [0.4, 0.5) is 5.69 Å². The molecule has 0 heterocycles. The van der Waals surface area contributed by atoms with Crippen LogP contribution in [-0.2, 0) is 6.54 Å². The van der Waals surface area contributed by atoms with Crippen LogP contribution in [0.25, 0.3) is 0 Å². The van der Waals surface area contributed by atoms with Gasteiger partial charge in [-0.1, -0.05) is 30.2 Å². The molecule has 3 heteroatoms. The molecule has 0 aliphatic heterocycles. The van der Waals surface area contributed by atoms with Crippen LogP contribution in [0.1, 0.15) is 12.5 Å². The average Bonchev–Trinajstić information content (AvgIpc) is 2.39. The monoisotopic (exact) mass is 225 g/mol. The SMILES string of the molecule is C#C/C=C\C(=C/C)N=Nc1ccccc1CN. The second-order valence-corrected chi connectivity index (χ2v) is 3.25. The molecular formula is C14H15N3. The summed E-state index contributed by atoms with van der Waals surface area (Å²) in [6.07, 6.45) is 10.3. The molecule has 0 radical (unpaired) electrons. The fraction of sp³-hybridized carbons (Fsp3) is 0.143. The molecule has 1 aromatic carbocycles. The topological polar surface area (TPSA) is 50.7 Å². The minimum absolute atomic E-state index is 0.445. The van der Waals surface area contributed by atoms with E-state index in [2.05, 4.69) is 16.1 Å². The molecule has 0 fully saturated rings. The van der Waals surface area contributed by atoms with Gasteiger partial charge < -0.3 is 5.73 Å². The Hall–Kier alpha value is -2.18. The van der Waals surface area contributed by atoms with Gasteiger partial charge in [0.15, 0.2) is 0 Å². The van der Waals surface area contributed by atoms with Gasteiger partial charge in [-0.15, -0.1) is 6.42 Å². The maximum atomic E-state index is 5.61. The molecule has 0 aromatic heterocycles. The predicted molar refractivity (Wildman–Crippen MR) is 70.6 cm³/mol. The van der Waals surface area contributed by atoms with E-state index in [1.54, 1.807) is 12.2 Å². The fourth-order valence-corrected chi connectivity index (χ4v) is 1.21. The maximum Gasteiger partial charge on any atom is 0.0901 e. The normalized spacial score (nSPS) is 12.2. The first-order valence-electron chi connectivity index (χ1n) is 5.30. The number of hydrogen-bond acceptors (Lipinski definition) is 3. The van der Waals surface area contributed by atoms with Gasteiger partial charge in [0.1, 0.15) is 0 Å². The third kappa shape index (κ3) is 4.06. The molecule has 17 heavy (non-hydrogen) atoms. The van der Waals surface area contributed by atoms with E-state index < -0.39 is 0 Å². The van der Waals surface area contributed by atoms with Crippen LogP contribution >= 0.6 is 0 Å². The highest BCUT2D eigenvalue weighted by molar-refractivity contribution is 5.45. The molecule has 0 aliphatic carbocycles. The van der Waals surface area contributed by atoms with Crippen molar-refractivity contribution in [2.45, 2.75) is 13.5 Å². The number of hydrogen-bond donors (Lipinski definition) is 1. The highest BCUT2D eigenvalue weighted by Gasteiger charge is 1.97. The predicted octanol–water partition coefficient (Wildman–Crippen LogP) is 3.32. The van der Waals surface area contributed by atoms with Gasteiger partial charge in [-0.2, -0.15) is 10.2 Å². The van der Waals surface area contributed by atoms with Crippen molar-refractivity contribution < 1.29 is 0 Å². The first-order valence-corrected chi connectivity index (χ1v) is 5.30. The highest BCUT2D eigenvalue weighted by Crippen LogP contribution is 2.19. The molecule has 0 spiro atoms. The summed E-state index contributed by atoms with van der Waals surface area (Å²) >= 11 is 0. The van der Waals surface area contributed by atoms with Crippen molar-refractivity contribution in [2.24, 2.45) is 16.0 Å². The Balaban J connectivity index is 2.90. The Kier molecular flexibility index (Phi) is 5.42. The number of nitrogens with two attached hydrogens (primary N) is 1. The van der Waals surface area contributed by atoms with Crippen molar-refractivity contribution in [3.05, 3.63) is 53.8 Å². The number of azo groups is 1. The van der Waals surface area contributed by atoms with Crippen molar-refractivity contribution in [2.75, 3.05) is 0 Å². The summed E-state index contributed by atoms with van der Waals surface area (Å²) in [5.41, 5.74) is 8.08. The first-order chi connectivity index (χ1) is 8.31. The average molecular weight is 225 g/mol. The largest absolute Gasteiger partial charge is 0.326 e. The molecule has 3 nitrogen and oxygen atoms in total. The van der Waals surface area contributed by atoms with Crippen LogP contribution in [-0.4, -0.2) is 0 Å². The molecule has 1 rings (SSSR count). The van der Waals surface area contributed by atoms with Crippen LogP contribution in [0.2, 0.25) is 0 Å². The second kappa shape index (κ2) is 7.15. The second-order valence-electron chi connectivity index (χ2n) is 3.25. The molecule has 0 amide bonds. The van der Waals surface area contributed by atoms with E-state index >= 15 is 0 Å². The summed E-state index contributed by atoms with van der Waals surface area (Å²) in [5.74, 6) is 2.41. The zero-order chi connectivity index (χ0) is 12.5. The van der Waals surface area contributed by atoms with E-state index in [0.717, 1.165) is 16.9 Å². The van der Waals surface area contributed by atoms with Crippen LogP contribution < -0.4 is 5.73 Å². The van der Waals surface area contributed by atoms with Crippen molar-refractivity contribution in [3.8, 4) is 12.3 Å². The minimum Gasteiger partial charge on any atom is -0.326 e. The molecular weight excluding hydrogens is 210 g/mol. The van der Waals surface area contributed by atoms with Gasteiger partial charge in [-0.05, 0) is 30.7 Å². The molecule has 0 unspecified atom stereocenters. The number of benzene rings is 1. The third-order valence-corrected chi connectivity index (χ3v) is 2.13. The summed E-state index contributed by atoms with van der Waals surface area (Å²) in [6.45, 7) is 2.32. The minimum atomic E-state index is 0.445. The molecule has 0 saturated carbocycles. The lowest BCUT2D eigenvalue weighted by atomic mass is 10.2.